The van der Waals surface area contributed by atoms with E-state index in [2.05, 4.69) is 27.6 Å². The van der Waals surface area contributed by atoms with Crippen LogP contribution in [0.1, 0.15) is 43.9 Å². The maximum absolute atomic E-state index is 12.4. The lowest BCUT2D eigenvalue weighted by Crippen LogP contribution is -2.12. The summed E-state index contributed by atoms with van der Waals surface area (Å²) in [6, 6.07) is 8.22. The van der Waals surface area contributed by atoms with Gasteiger partial charge in [0.25, 0.3) is 5.69 Å². The Morgan fingerprint density at radius 3 is 2.72 bits per heavy atom. The third-order valence-electron chi connectivity index (χ3n) is 4.88. The van der Waals surface area contributed by atoms with Gasteiger partial charge in [0.1, 0.15) is 0 Å². The molecular formula is C23H23IN2O6. The Morgan fingerprint density at radius 1 is 1.31 bits per heavy atom. The van der Waals surface area contributed by atoms with Crippen LogP contribution in [0.4, 0.5) is 5.69 Å². The number of aliphatic imine (C=N–C) groups is 1. The number of hydrogen-bond donors (Lipinski definition) is 0. The first-order chi connectivity index (χ1) is 15.2. The number of halogens is 1. The van der Waals surface area contributed by atoms with Crippen molar-refractivity contribution in [2.24, 2.45) is 4.99 Å². The van der Waals surface area contributed by atoms with E-state index in [1.54, 1.807) is 25.1 Å². The van der Waals surface area contributed by atoms with E-state index in [1.165, 1.54) is 12.1 Å². The Bertz CT molecular complexity index is 1130. The minimum Gasteiger partial charge on any atom is -0.490 e. The number of nitro groups is 1. The molecule has 1 aliphatic rings. The number of benzene rings is 2. The van der Waals surface area contributed by atoms with Crippen LogP contribution in [0.2, 0.25) is 0 Å². The van der Waals surface area contributed by atoms with Crippen LogP contribution in [0.25, 0.3) is 6.08 Å². The first-order valence-electron chi connectivity index (χ1n) is 10.1. The molecule has 2 aromatic carbocycles. The average Bonchev–Trinajstić information content (AvgIpc) is 3.10. The minimum atomic E-state index is -0.626. The van der Waals surface area contributed by atoms with Gasteiger partial charge in [0.15, 0.2) is 17.2 Å². The topological polar surface area (TPSA) is 100 Å². The highest BCUT2D eigenvalue weighted by atomic mass is 127. The van der Waals surface area contributed by atoms with Gasteiger partial charge in [-0.25, -0.2) is 9.79 Å². The fraction of sp³-hybridized carbons (Fsp3) is 0.304. The summed E-state index contributed by atoms with van der Waals surface area (Å²) in [5.74, 6) is 0.656. The van der Waals surface area contributed by atoms with E-state index in [0.29, 0.717) is 34.8 Å². The van der Waals surface area contributed by atoms with Gasteiger partial charge in [-0.15, -0.1) is 0 Å². The fourth-order valence-corrected chi connectivity index (χ4v) is 3.82. The van der Waals surface area contributed by atoms with Crippen LogP contribution in [0.5, 0.6) is 11.5 Å². The lowest BCUT2D eigenvalue weighted by atomic mass is 10.1. The zero-order chi connectivity index (χ0) is 23.4. The van der Waals surface area contributed by atoms with E-state index in [0.717, 1.165) is 9.99 Å². The number of hydrogen-bond acceptors (Lipinski definition) is 7. The molecule has 8 nitrogen and oxygen atoms in total. The highest BCUT2D eigenvalue weighted by Gasteiger charge is 2.27. The molecule has 168 valence electrons. The molecule has 0 saturated heterocycles. The molecule has 0 aromatic heterocycles. The van der Waals surface area contributed by atoms with Crippen molar-refractivity contribution < 1.29 is 23.9 Å². The summed E-state index contributed by atoms with van der Waals surface area (Å²) < 4.78 is 17.9. The van der Waals surface area contributed by atoms with E-state index in [-0.39, 0.29) is 23.4 Å². The summed E-state index contributed by atoms with van der Waals surface area (Å²) in [7, 11) is 0. The number of rotatable bonds is 8. The van der Waals surface area contributed by atoms with E-state index < -0.39 is 10.9 Å². The standard InChI is InChI=1S/C23H23IN2O6/c1-5-13(3)31-21-17(24)10-15(12-20(21)30-6-2)11-18-23(27)32-22(25-18)16-8-7-9-19(14(16)4)26(28)29/h7-13H,5-6H2,1-4H3/b18-11-. The number of nitrogens with zero attached hydrogens (tertiary/aromatic N) is 2. The van der Waals surface area contributed by atoms with Crippen molar-refractivity contribution in [2.45, 2.75) is 40.2 Å². The molecule has 32 heavy (non-hydrogen) atoms. The molecule has 1 atom stereocenters. The van der Waals surface area contributed by atoms with Gasteiger partial charge < -0.3 is 14.2 Å². The molecule has 0 fully saturated rings. The normalized spacial score (nSPS) is 15.3. The monoisotopic (exact) mass is 550 g/mol. The second-order valence-electron chi connectivity index (χ2n) is 7.14. The van der Waals surface area contributed by atoms with Crippen LogP contribution in [-0.4, -0.2) is 29.5 Å². The van der Waals surface area contributed by atoms with Crippen molar-refractivity contribution in [2.75, 3.05) is 6.61 Å². The van der Waals surface area contributed by atoms with E-state index in [9.17, 15) is 14.9 Å². The van der Waals surface area contributed by atoms with E-state index in [4.69, 9.17) is 14.2 Å². The van der Waals surface area contributed by atoms with Gasteiger partial charge in [-0.05, 0) is 79.6 Å². The maximum Gasteiger partial charge on any atom is 0.363 e. The van der Waals surface area contributed by atoms with Gasteiger partial charge in [-0.2, -0.15) is 0 Å². The Balaban J connectivity index is 1.99. The molecule has 9 heteroatoms. The first kappa shape index (κ1) is 23.7. The smallest absolute Gasteiger partial charge is 0.363 e. The number of nitro benzene ring substituents is 1. The fourth-order valence-electron chi connectivity index (χ4n) is 3.07. The van der Waals surface area contributed by atoms with E-state index >= 15 is 0 Å². The van der Waals surface area contributed by atoms with Gasteiger partial charge in [-0.3, -0.25) is 10.1 Å². The molecule has 0 spiro atoms. The van der Waals surface area contributed by atoms with Crippen molar-refractivity contribution in [3.8, 4) is 11.5 Å². The number of esters is 1. The zero-order valence-electron chi connectivity index (χ0n) is 18.2. The third kappa shape index (κ3) is 5.09. The van der Waals surface area contributed by atoms with Crippen LogP contribution >= 0.6 is 22.6 Å². The van der Waals surface area contributed by atoms with Gasteiger partial charge in [0.05, 0.1) is 21.2 Å². The highest BCUT2D eigenvalue weighted by Crippen LogP contribution is 2.36. The number of cyclic esters (lactones) is 1. The number of carbonyl (C=O) groups excluding carboxylic acids is 1. The second kappa shape index (κ2) is 10.1. The van der Waals surface area contributed by atoms with Crippen molar-refractivity contribution in [3.05, 3.63) is 66.4 Å². The van der Waals surface area contributed by atoms with Crippen LogP contribution < -0.4 is 9.47 Å². The van der Waals surface area contributed by atoms with Gasteiger partial charge in [-0.1, -0.05) is 13.0 Å². The largest absolute Gasteiger partial charge is 0.490 e. The van der Waals surface area contributed by atoms with Crippen LogP contribution in [-0.2, 0) is 9.53 Å². The Labute approximate surface area is 199 Å². The van der Waals surface area contributed by atoms with Gasteiger partial charge in [0.2, 0.25) is 5.90 Å². The summed E-state index contributed by atoms with van der Waals surface area (Å²) in [5.41, 5.74) is 1.51. The summed E-state index contributed by atoms with van der Waals surface area (Å²) >= 11 is 2.17. The van der Waals surface area contributed by atoms with Gasteiger partial charge >= 0.3 is 5.97 Å². The molecule has 2 aromatic rings. The van der Waals surface area contributed by atoms with Crippen molar-refractivity contribution in [1.29, 1.82) is 0 Å². The van der Waals surface area contributed by atoms with Crippen LogP contribution in [0.15, 0.2) is 41.0 Å². The Morgan fingerprint density at radius 2 is 2.06 bits per heavy atom. The lowest BCUT2D eigenvalue weighted by molar-refractivity contribution is -0.385. The van der Waals surface area contributed by atoms with Gasteiger partial charge in [0, 0.05) is 17.2 Å². The first-order valence-corrected chi connectivity index (χ1v) is 11.2. The molecule has 0 saturated carbocycles. The van der Waals surface area contributed by atoms with Crippen molar-refractivity contribution in [1.82, 2.24) is 0 Å². The molecule has 1 unspecified atom stereocenters. The molecule has 1 aliphatic heterocycles. The lowest BCUT2D eigenvalue weighted by Gasteiger charge is -2.18. The summed E-state index contributed by atoms with van der Waals surface area (Å²) in [5, 5.41) is 11.2. The maximum atomic E-state index is 12.4. The summed E-state index contributed by atoms with van der Waals surface area (Å²) in [6.45, 7) is 7.97. The predicted octanol–water partition coefficient (Wildman–Crippen LogP) is 5.43. The molecule has 0 amide bonds. The number of carbonyl (C=O) groups is 1. The SMILES string of the molecule is CCOc1cc(/C=C2\N=C(c3cccc([N+](=O)[O-])c3C)OC2=O)cc(I)c1OC(C)CC. The third-order valence-corrected chi connectivity index (χ3v) is 5.68. The van der Waals surface area contributed by atoms with E-state index in [1.807, 2.05) is 26.8 Å². The van der Waals surface area contributed by atoms with Crippen LogP contribution in [0.3, 0.4) is 0 Å². The molecule has 0 radical (unpaired) electrons. The highest BCUT2D eigenvalue weighted by molar-refractivity contribution is 14.1. The zero-order valence-corrected chi connectivity index (χ0v) is 20.3. The second-order valence-corrected chi connectivity index (χ2v) is 8.30. The Kier molecular flexibility index (Phi) is 7.49. The molecule has 0 aliphatic carbocycles. The summed E-state index contributed by atoms with van der Waals surface area (Å²) in [6.07, 6.45) is 2.48. The predicted molar refractivity (Wildman–Crippen MR) is 129 cm³/mol. The molecular weight excluding hydrogens is 527 g/mol. The van der Waals surface area contributed by atoms with Crippen molar-refractivity contribution in [3.63, 3.8) is 0 Å². The Hall–Kier alpha value is -2.95. The molecule has 1 heterocycles. The number of ether oxygens (including phenoxy) is 3. The molecule has 0 bridgehead atoms. The summed E-state index contributed by atoms with van der Waals surface area (Å²) in [4.78, 5) is 27.5. The average molecular weight is 550 g/mol. The molecule has 0 N–H and O–H groups in total. The minimum absolute atomic E-state index is 0.0297. The molecule has 3 rings (SSSR count). The van der Waals surface area contributed by atoms with Crippen LogP contribution in [0, 0.1) is 20.6 Å². The quantitative estimate of drug-likeness (QED) is 0.143. The van der Waals surface area contributed by atoms with Crippen molar-refractivity contribution >= 4 is 46.2 Å².